The Labute approximate surface area is 154 Å². The van der Waals surface area contributed by atoms with Gasteiger partial charge in [-0.15, -0.1) is 0 Å². The largest absolute Gasteiger partial charge is 0.465 e. The van der Waals surface area contributed by atoms with Gasteiger partial charge >= 0.3 is 5.97 Å². The first-order chi connectivity index (χ1) is 12.3. The average molecular weight is 352 g/mol. The molecule has 2 rings (SSSR count). The quantitative estimate of drug-likeness (QED) is 0.437. The van der Waals surface area contributed by atoms with Crippen molar-refractivity contribution in [3.8, 4) is 5.75 Å². The molecule has 0 radical (unpaired) electrons. The van der Waals surface area contributed by atoms with Gasteiger partial charge in [-0.25, -0.2) is 4.79 Å². The van der Waals surface area contributed by atoms with Gasteiger partial charge in [-0.05, 0) is 40.8 Å². The smallest absolute Gasteiger partial charge is 0.337 e. The van der Waals surface area contributed by atoms with Crippen LogP contribution in [-0.2, 0) is 21.4 Å². The van der Waals surface area contributed by atoms with Gasteiger partial charge in [0.15, 0.2) is 5.78 Å². The number of allylic oxidation sites excluding steroid dienone is 1. The van der Waals surface area contributed by atoms with Crippen LogP contribution in [-0.4, -0.2) is 18.9 Å². The summed E-state index contributed by atoms with van der Waals surface area (Å²) in [7, 11) is 1.33. The van der Waals surface area contributed by atoms with E-state index in [1.807, 2.05) is 24.3 Å². The Morgan fingerprint density at radius 3 is 2.35 bits per heavy atom. The van der Waals surface area contributed by atoms with E-state index in [1.54, 1.807) is 24.3 Å². The summed E-state index contributed by atoms with van der Waals surface area (Å²) in [4.78, 5) is 23.6. The molecule has 2 aromatic carbocycles. The van der Waals surface area contributed by atoms with Crippen molar-refractivity contribution in [3.63, 3.8) is 0 Å². The molecule has 26 heavy (non-hydrogen) atoms. The molecule has 0 spiro atoms. The molecule has 0 saturated heterocycles. The highest BCUT2D eigenvalue weighted by Crippen LogP contribution is 2.24. The summed E-state index contributed by atoms with van der Waals surface area (Å²) < 4.78 is 10.2. The average Bonchev–Trinajstić information content (AvgIpc) is 2.61. The second kappa shape index (κ2) is 8.48. The molecule has 0 atom stereocenters. The Hall–Kier alpha value is -2.88. The van der Waals surface area contributed by atoms with Gasteiger partial charge in [-0.1, -0.05) is 45.0 Å². The highest BCUT2D eigenvalue weighted by atomic mass is 16.5. The Morgan fingerprint density at radius 1 is 1.04 bits per heavy atom. The summed E-state index contributed by atoms with van der Waals surface area (Å²) in [5.74, 6) is 0.143. The number of ether oxygens (including phenoxy) is 2. The predicted molar refractivity (Wildman–Crippen MR) is 101 cm³/mol. The van der Waals surface area contributed by atoms with Crippen LogP contribution >= 0.6 is 0 Å². The summed E-state index contributed by atoms with van der Waals surface area (Å²) in [6.07, 6.45) is 2.97. The molecule has 0 N–H and O–H groups in total. The van der Waals surface area contributed by atoms with Crippen molar-refractivity contribution in [3.05, 3.63) is 77.6 Å². The van der Waals surface area contributed by atoms with Crippen LogP contribution in [0.3, 0.4) is 0 Å². The van der Waals surface area contributed by atoms with Crippen LogP contribution in [0.25, 0.3) is 0 Å². The predicted octanol–water partition coefficient (Wildman–Crippen LogP) is 4.48. The minimum atomic E-state index is -0.420. The zero-order valence-electron chi connectivity index (χ0n) is 15.6. The third-order valence-electron chi connectivity index (χ3n) is 3.90. The second-order valence-electron chi connectivity index (χ2n) is 7.03. The van der Waals surface area contributed by atoms with E-state index < -0.39 is 5.97 Å². The summed E-state index contributed by atoms with van der Waals surface area (Å²) >= 11 is 0. The first kappa shape index (κ1) is 19.4. The number of hydrogen-bond donors (Lipinski definition) is 0. The number of carbonyl (C=O) groups is 2. The summed E-state index contributed by atoms with van der Waals surface area (Å²) in [5.41, 5.74) is 2.48. The lowest BCUT2D eigenvalue weighted by Crippen LogP contribution is -2.10. The van der Waals surface area contributed by atoms with E-state index >= 15 is 0 Å². The highest BCUT2D eigenvalue weighted by molar-refractivity contribution is 5.92. The molecular weight excluding hydrogens is 328 g/mol. The third kappa shape index (κ3) is 5.59. The van der Waals surface area contributed by atoms with Gasteiger partial charge in [0.05, 0.1) is 18.9 Å². The number of methoxy groups -OCH3 is 1. The van der Waals surface area contributed by atoms with E-state index in [2.05, 4.69) is 25.5 Å². The van der Waals surface area contributed by atoms with Crippen molar-refractivity contribution in [1.29, 1.82) is 0 Å². The second-order valence-corrected chi connectivity index (χ2v) is 7.03. The molecule has 4 nitrogen and oxygen atoms in total. The lowest BCUT2D eigenvalue weighted by Gasteiger charge is -2.18. The minimum absolute atomic E-state index is 0.0864. The summed E-state index contributed by atoms with van der Waals surface area (Å²) in [5, 5.41) is 0. The number of hydrogen-bond acceptors (Lipinski definition) is 4. The van der Waals surface area contributed by atoms with Crippen LogP contribution in [0.4, 0.5) is 0 Å². The van der Waals surface area contributed by atoms with Gasteiger partial charge in [0.25, 0.3) is 0 Å². The molecule has 0 bridgehead atoms. The fraction of sp³-hybridized carbons (Fsp3) is 0.273. The van der Waals surface area contributed by atoms with Crippen molar-refractivity contribution in [2.45, 2.75) is 32.6 Å². The van der Waals surface area contributed by atoms with Crippen LogP contribution in [0.15, 0.2) is 60.9 Å². The minimum Gasteiger partial charge on any atom is -0.465 e. The van der Waals surface area contributed by atoms with Crippen molar-refractivity contribution < 1.29 is 19.1 Å². The Morgan fingerprint density at radius 2 is 1.73 bits per heavy atom. The zero-order valence-corrected chi connectivity index (χ0v) is 15.6. The first-order valence-electron chi connectivity index (χ1n) is 8.43. The maximum atomic E-state index is 12.1. The van der Waals surface area contributed by atoms with Gasteiger partial charge in [0.2, 0.25) is 0 Å². The fourth-order valence-corrected chi connectivity index (χ4v) is 2.41. The van der Waals surface area contributed by atoms with Crippen molar-refractivity contribution in [2.75, 3.05) is 7.11 Å². The molecular formula is C22H24O4. The maximum absolute atomic E-state index is 12.1. The Kier molecular flexibility index (Phi) is 6.34. The van der Waals surface area contributed by atoms with Crippen LogP contribution in [0.5, 0.6) is 5.75 Å². The molecule has 0 aliphatic rings. The van der Waals surface area contributed by atoms with Crippen molar-refractivity contribution in [1.82, 2.24) is 0 Å². The zero-order chi connectivity index (χ0) is 19.2. The summed E-state index contributed by atoms with van der Waals surface area (Å²) in [6.45, 7) is 6.45. The maximum Gasteiger partial charge on any atom is 0.337 e. The van der Waals surface area contributed by atoms with Gasteiger partial charge in [-0.3, -0.25) is 4.79 Å². The molecule has 0 aliphatic carbocycles. The van der Waals surface area contributed by atoms with Crippen molar-refractivity contribution in [2.24, 2.45) is 0 Å². The molecule has 136 valence electrons. The molecule has 2 aromatic rings. The Balaban J connectivity index is 1.92. The SMILES string of the molecule is COC(=O)c1cccc(CC(=O)/C=C/Oc2ccc(C(C)(C)C)cc2)c1. The van der Waals surface area contributed by atoms with E-state index in [-0.39, 0.29) is 17.6 Å². The molecule has 0 amide bonds. The van der Waals surface area contributed by atoms with E-state index in [4.69, 9.17) is 4.74 Å². The number of esters is 1. The number of ketones is 1. The topological polar surface area (TPSA) is 52.6 Å². The molecule has 0 heterocycles. The summed E-state index contributed by atoms with van der Waals surface area (Å²) in [6, 6.07) is 14.6. The van der Waals surface area contributed by atoms with Gasteiger partial charge in [-0.2, -0.15) is 0 Å². The van der Waals surface area contributed by atoms with Crippen LogP contribution in [0, 0.1) is 0 Å². The third-order valence-corrected chi connectivity index (χ3v) is 3.90. The van der Waals surface area contributed by atoms with Crippen molar-refractivity contribution >= 4 is 11.8 Å². The number of carbonyl (C=O) groups excluding carboxylic acids is 2. The molecule has 0 unspecified atom stereocenters. The molecule has 0 aliphatic heterocycles. The molecule has 0 saturated carbocycles. The monoisotopic (exact) mass is 352 g/mol. The molecule has 0 fully saturated rings. The van der Waals surface area contributed by atoms with Gasteiger partial charge < -0.3 is 9.47 Å². The van der Waals surface area contributed by atoms with E-state index in [0.717, 1.165) is 5.56 Å². The fourth-order valence-electron chi connectivity index (χ4n) is 2.41. The van der Waals surface area contributed by atoms with Crippen LogP contribution < -0.4 is 4.74 Å². The Bertz CT molecular complexity index is 796. The molecule has 4 heteroatoms. The standard InChI is InChI=1S/C22H24O4/c1-22(2,3)18-8-10-20(11-9-18)26-13-12-19(23)15-16-6-5-7-17(14-16)21(24)25-4/h5-14H,15H2,1-4H3/b13-12+. The van der Waals surface area contributed by atoms with Crippen LogP contribution in [0.1, 0.15) is 42.3 Å². The number of rotatable bonds is 6. The lowest BCUT2D eigenvalue weighted by atomic mass is 9.87. The van der Waals surface area contributed by atoms with E-state index in [0.29, 0.717) is 11.3 Å². The number of benzene rings is 2. The first-order valence-corrected chi connectivity index (χ1v) is 8.43. The van der Waals surface area contributed by atoms with Gasteiger partial charge in [0, 0.05) is 12.5 Å². The van der Waals surface area contributed by atoms with E-state index in [1.165, 1.54) is 25.0 Å². The van der Waals surface area contributed by atoms with E-state index in [9.17, 15) is 9.59 Å². The normalized spacial score (nSPS) is 11.4. The van der Waals surface area contributed by atoms with Gasteiger partial charge in [0.1, 0.15) is 5.75 Å². The van der Waals surface area contributed by atoms with Crippen LogP contribution in [0.2, 0.25) is 0 Å². The molecule has 0 aromatic heterocycles. The highest BCUT2D eigenvalue weighted by Gasteiger charge is 2.12. The lowest BCUT2D eigenvalue weighted by molar-refractivity contribution is -0.114.